The van der Waals surface area contributed by atoms with Crippen LogP contribution in [0.5, 0.6) is 5.75 Å². The zero-order chi connectivity index (χ0) is 20.2. The number of anilines is 1. The standard InChI is InChI=1S/C23H28FN3O2/c1-29-22-10-3-2-9-21(22)26-14-12-25(13-15-26)20-8-5-11-27(17-20)23(28)18-6-4-7-19(24)16-18/h2-4,6-7,9-10,16,20H,5,8,11-15,17H2,1H3. The zero-order valence-corrected chi connectivity index (χ0v) is 16.9. The zero-order valence-electron chi connectivity index (χ0n) is 16.9. The van der Waals surface area contributed by atoms with Crippen LogP contribution in [0, 0.1) is 5.82 Å². The molecule has 29 heavy (non-hydrogen) atoms. The van der Waals surface area contributed by atoms with E-state index in [1.54, 1.807) is 19.2 Å². The molecule has 2 aromatic rings. The van der Waals surface area contributed by atoms with E-state index < -0.39 is 0 Å². The Morgan fingerprint density at radius 3 is 2.59 bits per heavy atom. The Kier molecular flexibility index (Phi) is 6.00. The van der Waals surface area contributed by atoms with Crippen molar-refractivity contribution in [1.29, 1.82) is 0 Å². The summed E-state index contributed by atoms with van der Waals surface area (Å²) in [5.41, 5.74) is 1.58. The van der Waals surface area contributed by atoms with Gasteiger partial charge in [-0.2, -0.15) is 0 Å². The number of methoxy groups -OCH3 is 1. The Morgan fingerprint density at radius 1 is 1.03 bits per heavy atom. The second-order valence-corrected chi connectivity index (χ2v) is 7.75. The van der Waals surface area contributed by atoms with Gasteiger partial charge in [0.2, 0.25) is 0 Å². The third-order valence-electron chi connectivity index (χ3n) is 6.01. The van der Waals surface area contributed by atoms with E-state index in [0.717, 1.165) is 57.0 Å². The number of hydrogen-bond acceptors (Lipinski definition) is 4. The smallest absolute Gasteiger partial charge is 0.254 e. The maximum absolute atomic E-state index is 13.5. The number of benzene rings is 2. The molecule has 2 aliphatic heterocycles. The van der Waals surface area contributed by atoms with Gasteiger partial charge in [-0.1, -0.05) is 18.2 Å². The van der Waals surface area contributed by atoms with Crippen molar-refractivity contribution in [2.75, 3.05) is 51.3 Å². The van der Waals surface area contributed by atoms with Gasteiger partial charge in [-0.15, -0.1) is 0 Å². The SMILES string of the molecule is COc1ccccc1N1CCN(C2CCCN(C(=O)c3cccc(F)c3)C2)CC1. The van der Waals surface area contributed by atoms with Crippen LogP contribution in [-0.2, 0) is 0 Å². The van der Waals surface area contributed by atoms with Crippen molar-refractivity contribution >= 4 is 11.6 Å². The highest BCUT2D eigenvalue weighted by atomic mass is 19.1. The first-order valence-electron chi connectivity index (χ1n) is 10.3. The van der Waals surface area contributed by atoms with Gasteiger partial charge >= 0.3 is 0 Å². The van der Waals surface area contributed by atoms with E-state index in [0.29, 0.717) is 18.2 Å². The fourth-order valence-electron chi connectivity index (χ4n) is 4.46. The van der Waals surface area contributed by atoms with Gasteiger partial charge in [-0.3, -0.25) is 9.69 Å². The Balaban J connectivity index is 1.37. The van der Waals surface area contributed by atoms with E-state index in [2.05, 4.69) is 15.9 Å². The molecule has 2 aliphatic rings. The first-order chi connectivity index (χ1) is 14.2. The highest BCUT2D eigenvalue weighted by Crippen LogP contribution is 2.29. The number of carbonyl (C=O) groups excluding carboxylic acids is 1. The number of nitrogens with zero attached hydrogens (tertiary/aromatic N) is 3. The number of piperazine rings is 1. The second kappa shape index (κ2) is 8.82. The lowest BCUT2D eigenvalue weighted by Crippen LogP contribution is -2.55. The molecule has 6 heteroatoms. The highest BCUT2D eigenvalue weighted by Gasteiger charge is 2.30. The molecule has 4 rings (SSSR count). The van der Waals surface area contributed by atoms with Crippen LogP contribution in [-0.4, -0.2) is 68.1 Å². The normalized spacial score (nSPS) is 20.6. The van der Waals surface area contributed by atoms with Crippen molar-refractivity contribution in [1.82, 2.24) is 9.80 Å². The van der Waals surface area contributed by atoms with E-state index >= 15 is 0 Å². The number of amides is 1. The highest BCUT2D eigenvalue weighted by molar-refractivity contribution is 5.94. The molecule has 0 aromatic heterocycles. The van der Waals surface area contributed by atoms with Crippen LogP contribution in [0.25, 0.3) is 0 Å². The summed E-state index contributed by atoms with van der Waals surface area (Å²) in [7, 11) is 1.71. The molecular weight excluding hydrogens is 369 g/mol. The van der Waals surface area contributed by atoms with Crippen LogP contribution >= 0.6 is 0 Å². The molecule has 2 saturated heterocycles. The van der Waals surface area contributed by atoms with Crippen LogP contribution in [0.2, 0.25) is 0 Å². The molecule has 5 nitrogen and oxygen atoms in total. The molecule has 0 saturated carbocycles. The lowest BCUT2D eigenvalue weighted by Gasteiger charge is -2.44. The van der Waals surface area contributed by atoms with Crippen molar-refractivity contribution in [2.24, 2.45) is 0 Å². The quantitative estimate of drug-likeness (QED) is 0.794. The van der Waals surface area contributed by atoms with Gasteiger partial charge in [-0.05, 0) is 43.2 Å². The number of halogens is 1. The molecule has 2 aromatic carbocycles. The minimum Gasteiger partial charge on any atom is -0.495 e. The summed E-state index contributed by atoms with van der Waals surface area (Å²) >= 11 is 0. The topological polar surface area (TPSA) is 36.0 Å². The molecule has 2 heterocycles. The first-order valence-corrected chi connectivity index (χ1v) is 10.3. The van der Waals surface area contributed by atoms with Crippen LogP contribution in [0.1, 0.15) is 23.2 Å². The van der Waals surface area contributed by atoms with Crippen LogP contribution in [0.3, 0.4) is 0 Å². The van der Waals surface area contributed by atoms with E-state index in [1.807, 2.05) is 23.1 Å². The second-order valence-electron chi connectivity index (χ2n) is 7.75. The summed E-state index contributed by atoms with van der Waals surface area (Å²) in [4.78, 5) is 19.6. The lowest BCUT2D eigenvalue weighted by molar-refractivity contribution is 0.0563. The van der Waals surface area contributed by atoms with Crippen LogP contribution < -0.4 is 9.64 Å². The number of hydrogen-bond donors (Lipinski definition) is 0. The number of carbonyl (C=O) groups is 1. The number of rotatable bonds is 4. The van der Waals surface area contributed by atoms with Gasteiger partial charge < -0.3 is 14.5 Å². The van der Waals surface area contributed by atoms with Crippen molar-refractivity contribution in [3.63, 3.8) is 0 Å². The molecule has 0 spiro atoms. The van der Waals surface area contributed by atoms with Gasteiger partial charge in [-0.25, -0.2) is 4.39 Å². The Bertz CT molecular complexity index is 852. The minimum atomic E-state index is -0.364. The van der Waals surface area contributed by atoms with Crippen LogP contribution in [0.15, 0.2) is 48.5 Å². The minimum absolute atomic E-state index is 0.0677. The molecule has 0 aliphatic carbocycles. The van der Waals surface area contributed by atoms with E-state index in [1.165, 1.54) is 12.1 Å². The average Bonchev–Trinajstić information content (AvgIpc) is 2.79. The van der Waals surface area contributed by atoms with Crippen molar-refractivity contribution in [3.8, 4) is 5.75 Å². The molecule has 0 bridgehead atoms. The fourth-order valence-corrected chi connectivity index (χ4v) is 4.46. The van der Waals surface area contributed by atoms with Gasteiger partial charge in [0.15, 0.2) is 0 Å². The molecule has 1 amide bonds. The summed E-state index contributed by atoms with van der Waals surface area (Å²) in [5.74, 6) is 0.476. The maximum atomic E-state index is 13.5. The number of likely N-dealkylation sites (tertiary alicyclic amines) is 1. The van der Waals surface area contributed by atoms with Gasteiger partial charge in [0.05, 0.1) is 12.8 Å². The fraction of sp³-hybridized carbons (Fsp3) is 0.435. The summed E-state index contributed by atoms with van der Waals surface area (Å²) in [6, 6.07) is 14.5. The third-order valence-corrected chi connectivity index (χ3v) is 6.01. The number of piperidine rings is 1. The molecule has 0 radical (unpaired) electrons. The Morgan fingerprint density at radius 2 is 1.83 bits per heavy atom. The van der Waals surface area contributed by atoms with Crippen molar-refractivity contribution in [3.05, 3.63) is 59.9 Å². The Labute approximate surface area is 171 Å². The van der Waals surface area contributed by atoms with Crippen LogP contribution in [0.4, 0.5) is 10.1 Å². The van der Waals surface area contributed by atoms with Gasteiger partial charge in [0.25, 0.3) is 5.91 Å². The Hall–Kier alpha value is -2.60. The van der Waals surface area contributed by atoms with Crippen molar-refractivity contribution in [2.45, 2.75) is 18.9 Å². The molecule has 2 fully saturated rings. The van der Waals surface area contributed by atoms with Gasteiger partial charge in [0.1, 0.15) is 11.6 Å². The van der Waals surface area contributed by atoms with Gasteiger partial charge in [0, 0.05) is 50.9 Å². The average molecular weight is 397 g/mol. The largest absolute Gasteiger partial charge is 0.495 e. The van der Waals surface area contributed by atoms with E-state index in [4.69, 9.17) is 4.74 Å². The van der Waals surface area contributed by atoms with E-state index in [9.17, 15) is 9.18 Å². The number of para-hydroxylation sites is 2. The third kappa shape index (κ3) is 4.37. The summed E-state index contributed by atoms with van der Waals surface area (Å²) < 4.78 is 19.0. The number of ether oxygens (including phenoxy) is 1. The molecule has 1 unspecified atom stereocenters. The molecule has 1 atom stereocenters. The predicted octanol–water partition coefficient (Wildman–Crippen LogP) is 3.26. The molecule has 154 valence electrons. The molecular formula is C23H28FN3O2. The predicted molar refractivity (Wildman–Crippen MR) is 112 cm³/mol. The summed E-state index contributed by atoms with van der Waals surface area (Å²) in [6.45, 7) is 5.26. The summed E-state index contributed by atoms with van der Waals surface area (Å²) in [6.07, 6.45) is 2.08. The summed E-state index contributed by atoms with van der Waals surface area (Å²) in [5, 5.41) is 0. The van der Waals surface area contributed by atoms with E-state index in [-0.39, 0.29) is 11.7 Å². The lowest BCUT2D eigenvalue weighted by atomic mass is 10.0. The first kappa shape index (κ1) is 19.7. The monoisotopic (exact) mass is 397 g/mol. The molecule has 0 N–H and O–H groups in total. The maximum Gasteiger partial charge on any atom is 0.254 e. The van der Waals surface area contributed by atoms with Crippen molar-refractivity contribution < 1.29 is 13.9 Å².